The molecule has 16 heavy (non-hydrogen) atoms. The van der Waals surface area contributed by atoms with Crippen LogP contribution in [0.4, 0.5) is 5.69 Å². The van der Waals surface area contributed by atoms with Gasteiger partial charge in [-0.05, 0) is 23.1 Å². The molecule has 1 aromatic rings. The van der Waals surface area contributed by atoms with Crippen molar-refractivity contribution >= 4 is 27.3 Å². The van der Waals surface area contributed by atoms with E-state index in [1.54, 1.807) is 12.1 Å². The number of nitrogens with one attached hydrogen (secondary N) is 1. The van der Waals surface area contributed by atoms with Crippen LogP contribution in [-0.2, 0) is 15.4 Å². The molecule has 0 aromatic heterocycles. The van der Waals surface area contributed by atoms with E-state index in [1.165, 1.54) is 0 Å². The van der Waals surface area contributed by atoms with Crippen LogP contribution >= 0.6 is 11.6 Å². The van der Waals surface area contributed by atoms with Crippen LogP contribution in [0.2, 0.25) is 0 Å². The molecule has 0 saturated carbocycles. The van der Waals surface area contributed by atoms with Crippen LogP contribution in [0.1, 0.15) is 26.3 Å². The van der Waals surface area contributed by atoms with Crippen molar-refractivity contribution in [2.75, 3.05) is 9.93 Å². The van der Waals surface area contributed by atoms with Crippen molar-refractivity contribution in [3.8, 4) is 0 Å². The molecule has 1 aromatic carbocycles. The number of benzene rings is 1. The molecule has 0 unspecified atom stereocenters. The van der Waals surface area contributed by atoms with Crippen molar-refractivity contribution < 1.29 is 8.42 Å². The Morgan fingerprint density at radius 2 is 1.69 bits per heavy atom. The highest BCUT2D eigenvalue weighted by molar-refractivity contribution is 7.93. The maximum atomic E-state index is 11.2. The lowest BCUT2D eigenvalue weighted by atomic mass is 9.87. The first-order valence-corrected chi connectivity index (χ1v) is 7.10. The number of alkyl halides is 1. The molecule has 90 valence electrons. The molecule has 0 aliphatic carbocycles. The predicted octanol–water partition coefficient (Wildman–Crippen LogP) is 2.92. The standard InChI is InChI=1S/C11H16ClNO2S/c1-11(2,3)9-4-6-10(7-5-9)13-16(14,15)8-12/h4-7,13H,8H2,1-3H3. The average Bonchev–Trinajstić information content (AvgIpc) is 2.16. The second kappa shape index (κ2) is 4.63. The van der Waals surface area contributed by atoms with Crippen molar-refractivity contribution in [1.82, 2.24) is 0 Å². The number of halogens is 1. The lowest BCUT2D eigenvalue weighted by molar-refractivity contribution is 0.590. The second-order valence-corrected chi connectivity index (χ2v) is 6.96. The third-order valence-electron chi connectivity index (χ3n) is 2.17. The van der Waals surface area contributed by atoms with Crippen LogP contribution in [0.5, 0.6) is 0 Å². The number of hydrogen-bond acceptors (Lipinski definition) is 2. The molecule has 3 nitrogen and oxygen atoms in total. The zero-order valence-corrected chi connectivity index (χ0v) is 11.2. The van der Waals surface area contributed by atoms with Crippen LogP contribution in [0.15, 0.2) is 24.3 Å². The summed E-state index contributed by atoms with van der Waals surface area (Å²) in [6, 6.07) is 7.30. The quantitative estimate of drug-likeness (QED) is 0.851. The largest absolute Gasteiger partial charge is 0.283 e. The van der Waals surface area contributed by atoms with Gasteiger partial charge in [-0.3, -0.25) is 4.72 Å². The SMILES string of the molecule is CC(C)(C)c1ccc(NS(=O)(=O)CCl)cc1. The molecule has 1 N–H and O–H groups in total. The van der Waals surface area contributed by atoms with Crippen molar-refractivity contribution in [2.45, 2.75) is 26.2 Å². The van der Waals surface area contributed by atoms with Gasteiger partial charge in [0.15, 0.2) is 0 Å². The topological polar surface area (TPSA) is 46.2 Å². The molecule has 0 fully saturated rings. The third-order valence-corrected chi connectivity index (χ3v) is 3.86. The van der Waals surface area contributed by atoms with Gasteiger partial charge in [0, 0.05) is 5.69 Å². The molecule has 0 atom stereocenters. The van der Waals surface area contributed by atoms with Gasteiger partial charge in [0.1, 0.15) is 5.21 Å². The Morgan fingerprint density at radius 3 is 2.06 bits per heavy atom. The van der Waals surface area contributed by atoms with Crippen LogP contribution < -0.4 is 4.72 Å². The van der Waals surface area contributed by atoms with E-state index in [1.807, 2.05) is 12.1 Å². The highest BCUT2D eigenvalue weighted by Gasteiger charge is 2.13. The number of sulfonamides is 1. The zero-order valence-electron chi connectivity index (χ0n) is 9.62. The second-order valence-electron chi connectivity index (χ2n) is 4.65. The summed E-state index contributed by atoms with van der Waals surface area (Å²) in [5, 5.41) is -0.436. The Morgan fingerprint density at radius 1 is 1.19 bits per heavy atom. The molecule has 0 amide bonds. The van der Waals surface area contributed by atoms with Gasteiger partial charge in [0.25, 0.3) is 0 Å². The minimum Gasteiger partial charge on any atom is -0.283 e. The van der Waals surface area contributed by atoms with Crippen LogP contribution in [0, 0.1) is 0 Å². The molecule has 0 aliphatic heterocycles. The van der Waals surface area contributed by atoms with E-state index in [0.717, 1.165) is 5.56 Å². The van der Waals surface area contributed by atoms with Gasteiger partial charge in [0.2, 0.25) is 10.0 Å². The van der Waals surface area contributed by atoms with E-state index in [4.69, 9.17) is 11.6 Å². The van der Waals surface area contributed by atoms with Crippen molar-refractivity contribution in [3.05, 3.63) is 29.8 Å². The molecular weight excluding hydrogens is 246 g/mol. The summed E-state index contributed by atoms with van der Waals surface area (Å²) < 4.78 is 24.8. The summed E-state index contributed by atoms with van der Waals surface area (Å²) in [6.07, 6.45) is 0. The fourth-order valence-electron chi connectivity index (χ4n) is 1.25. The Labute approximate surface area is 102 Å². The molecular formula is C11H16ClNO2S. The summed E-state index contributed by atoms with van der Waals surface area (Å²) in [5.41, 5.74) is 1.75. The molecule has 0 bridgehead atoms. The minimum absolute atomic E-state index is 0.0594. The zero-order chi connectivity index (χ0) is 12.4. The normalized spacial score (nSPS) is 12.5. The molecule has 1 rings (SSSR count). The summed E-state index contributed by atoms with van der Waals surface area (Å²) in [4.78, 5) is 0. The molecule has 0 aliphatic rings. The van der Waals surface area contributed by atoms with Gasteiger partial charge < -0.3 is 0 Å². The summed E-state index contributed by atoms with van der Waals surface area (Å²) >= 11 is 5.30. The molecule has 0 spiro atoms. The van der Waals surface area contributed by atoms with Gasteiger partial charge in [-0.15, -0.1) is 11.6 Å². The van der Waals surface area contributed by atoms with Crippen LogP contribution in [0.25, 0.3) is 0 Å². The van der Waals surface area contributed by atoms with E-state index in [9.17, 15) is 8.42 Å². The fraction of sp³-hybridized carbons (Fsp3) is 0.455. The lowest BCUT2D eigenvalue weighted by Gasteiger charge is -2.19. The average molecular weight is 262 g/mol. The number of hydrogen-bond donors (Lipinski definition) is 1. The summed E-state index contributed by atoms with van der Waals surface area (Å²) in [6.45, 7) is 6.31. The van der Waals surface area contributed by atoms with E-state index in [-0.39, 0.29) is 5.41 Å². The molecule has 0 radical (unpaired) electrons. The Kier molecular flexibility index (Phi) is 3.86. The van der Waals surface area contributed by atoms with E-state index >= 15 is 0 Å². The Hall–Kier alpha value is -0.740. The summed E-state index contributed by atoms with van der Waals surface area (Å²) in [5.74, 6) is 0. The van der Waals surface area contributed by atoms with E-state index in [0.29, 0.717) is 5.69 Å². The summed E-state index contributed by atoms with van der Waals surface area (Å²) in [7, 11) is -3.41. The molecule has 0 saturated heterocycles. The predicted molar refractivity (Wildman–Crippen MR) is 68.4 cm³/mol. The molecule has 5 heteroatoms. The first kappa shape index (κ1) is 13.3. The smallest absolute Gasteiger partial charge is 0.246 e. The minimum atomic E-state index is -3.41. The number of rotatable bonds is 3. The highest BCUT2D eigenvalue weighted by atomic mass is 35.5. The first-order valence-electron chi connectivity index (χ1n) is 4.91. The molecule has 0 heterocycles. The van der Waals surface area contributed by atoms with Gasteiger partial charge in [0.05, 0.1) is 0 Å². The fourth-order valence-corrected chi connectivity index (χ4v) is 1.96. The Bertz CT molecular complexity index is 446. The van der Waals surface area contributed by atoms with Gasteiger partial charge in [-0.25, -0.2) is 8.42 Å². The van der Waals surface area contributed by atoms with Crippen molar-refractivity contribution in [3.63, 3.8) is 0 Å². The first-order chi connectivity index (χ1) is 7.24. The maximum absolute atomic E-state index is 11.2. The van der Waals surface area contributed by atoms with Gasteiger partial charge in [-0.1, -0.05) is 32.9 Å². The van der Waals surface area contributed by atoms with Crippen LogP contribution in [-0.4, -0.2) is 13.6 Å². The van der Waals surface area contributed by atoms with Crippen molar-refractivity contribution in [1.29, 1.82) is 0 Å². The monoisotopic (exact) mass is 261 g/mol. The van der Waals surface area contributed by atoms with Crippen LogP contribution in [0.3, 0.4) is 0 Å². The highest BCUT2D eigenvalue weighted by Crippen LogP contribution is 2.23. The van der Waals surface area contributed by atoms with Crippen molar-refractivity contribution in [2.24, 2.45) is 0 Å². The van der Waals surface area contributed by atoms with Gasteiger partial charge >= 0.3 is 0 Å². The van der Waals surface area contributed by atoms with E-state index in [2.05, 4.69) is 25.5 Å². The maximum Gasteiger partial charge on any atom is 0.246 e. The number of anilines is 1. The lowest BCUT2D eigenvalue weighted by Crippen LogP contribution is -2.14. The Balaban J connectivity index is 2.89. The third kappa shape index (κ3) is 3.68. The van der Waals surface area contributed by atoms with E-state index < -0.39 is 15.2 Å². The van der Waals surface area contributed by atoms with Gasteiger partial charge in [-0.2, -0.15) is 0 Å².